The molecule has 2 N–H and O–H groups in total. The third-order valence-electron chi connectivity index (χ3n) is 1.83. The van der Waals surface area contributed by atoms with Gasteiger partial charge in [0, 0.05) is 4.47 Å². The molecule has 0 saturated heterocycles. The van der Waals surface area contributed by atoms with E-state index in [2.05, 4.69) is 26.1 Å². The minimum Gasteiger partial charge on any atom is -0.247 e. The molecule has 2 rings (SSSR count). The van der Waals surface area contributed by atoms with Crippen molar-refractivity contribution in [3.05, 3.63) is 49.5 Å². The Bertz CT molecular complexity index is 585. The summed E-state index contributed by atoms with van der Waals surface area (Å²) in [7, 11) is 0. The fourth-order valence-electron chi connectivity index (χ4n) is 1.19. The van der Waals surface area contributed by atoms with Gasteiger partial charge in [0.25, 0.3) is 0 Å². The molecule has 1 aromatic heterocycles. The number of nitrogens with zero attached hydrogens (tertiary/aromatic N) is 1. The summed E-state index contributed by atoms with van der Waals surface area (Å²) in [6, 6.07) is 3.73. The molecule has 0 bridgehead atoms. The minimum atomic E-state index is -0.647. The Labute approximate surface area is 90.7 Å². The van der Waals surface area contributed by atoms with Gasteiger partial charge >= 0.3 is 11.4 Å². The molecular weight excluding hydrogens is 269 g/mol. The van der Waals surface area contributed by atoms with Crippen LogP contribution in [-0.4, -0.2) is 14.8 Å². The smallest absolute Gasteiger partial charge is 0.247 e. The van der Waals surface area contributed by atoms with Crippen molar-refractivity contribution < 1.29 is 4.39 Å². The van der Waals surface area contributed by atoms with E-state index >= 15 is 0 Å². The average molecular weight is 274 g/mol. The van der Waals surface area contributed by atoms with E-state index in [9.17, 15) is 14.0 Å². The molecule has 0 saturated carbocycles. The Morgan fingerprint density at radius 3 is 2.40 bits per heavy atom. The van der Waals surface area contributed by atoms with Gasteiger partial charge in [-0.05, 0) is 34.1 Å². The third-order valence-corrected chi connectivity index (χ3v) is 2.50. The van der Waals surface area contributed by atoms with E-state index in [1.807, 2.05) is 0 Å². The zero-order chi connectivity index (χ0) is 11.0. The van der Waals surface area contributed by atoms with Gasteiger partial charge in [-0.25, -0.2) is 28.7 Å². The van der Waals surface area contributed by atoms with Gasteiger partial charge in [0.15, 0.2) is 0 Å². The predicted octanol–water partition coefficient (Wildman–Crippen LogP) is 0.755. The molecule has 15 heavy (non-hydrogen) atoms. The Morgan fingerprint density at radius 2 is 1.80 bits per heavy atom. The number of hydrogen-bond donors (Lipinski definition) is 2. The summed E-state index contributed by atoms with van der Waals surface area (Å²) in [5.74, 6) is -0.527. The number of H-pyrrole nitrogens is 2. The van der Waals surface area contributed by atoms with Gasteiger partial charge in [0.2, 0.25) is 0 Å². The van der Waals surface area contributed by atoms with Crippen molar-refractivity contribution in [3.8, 4) is 5.69 Å². The lowest BCUT2D eigenvalue weighted by Gasteiger charge is -2.01. The summed E-state index contributed by atoms with van der Waals surface area (Å²) in [5.41, 5.74) is -1.14. The number of hydrogen-bond acceptors (Lipinski definition) is 2. The van der Waals surface area contributed by atoms with Crippen molar-refractivity contribution in [2.75, 3.05) is 0 Å². The second kappa shape index (κ2) is 3.50. The van der Waals surface area contributed by atoms with Crippen LogP contribution in [0.5, 0.6) is 0 Å². The van der Waals surface area contributed by atoms with Crippen LogP contribution in [-0.2, 0) is 0 Å². The monoisotopic (exact) mass is 273 g/mol. The van der Waals surface area contributed by atoms with Crippen molar-refractivity contribution >= 4 is 15.9 Å². The van der Waals surface area contributed by atoms with E-state index in [0.29, 0.717) is 4.47 Å². The molecule has 0 aliphatic heterocycles. The van der Waals surface area contributed by atoms with Crippen molar-refractivity contribution in [3.63, 3.8) is 0 Å². The molecule has 1 aromatic carbocycles. The first-order valence-corrected chi connectivity index (χ1v) is 4.74. The molecule has 2 aromatic rings. The standard InChI is InChI=1S/C8H5BrFN3O2/c9-5-2-1-4(10)3-6(5)13-7(14)11-12-8(13)15/h1-3H,(H,11,14)(H,12,15). The highest BCUT2D eigenvalue weighted by Crippen LogP contribution is 2.19. The molecule has 78 valence electrons. The van der Waals surface area contributed by atoms with Gasteiger partial charge in [-0.15, -0.1) is 0 Å². The molecular formula is C8H5BrFN3O2. The van der Waals surface area contributed by atoms with Crippen molar-refractivity contribution in [1.82, 2.24) is 14.8 Å². The highest BCUT2D eigenvalue weighted by molar-refractivity contribution is 9.10. The highest BCUT2D eigenvalue weighted by atomic mass is 79.9. The third kappa shape index (κ3) is 1.65. The van der Waals surface area contributed by atoms with Crippen molar-refractivity contribution in [1.29, 1.82) is 0 Å². The number of halogens is 2. The maximum absolute atomic E-state index is 12.9. The molecule has 7 heteroatoms. The quantitative estimate of drug-likeness (QED) is 0.805. The fraction of sp³-hybridized carbons (Fsp3) is 0. The number of nitrogens with one attached hydrogen (secondary N) is 2. The zero-order valence-corrected chi connectivity index (χ0v) is 8.84. The lowest BCUT2D eigenvalue weighted by molar-refractivity contribution is 0.625. The van der Waals surface area contributed by atoms with Crippen LogP contribution in [0.25, 0.3) is 5.69 Å². The Morgan fingerprint density at radius 1 is 1.20 bits per heavy atom. The molecule has 0 atom stereocenters. The topological polar surface area (TPSA) is 70.7 Å². The summed E-state index contributed by atoms with van der Waals surface area (Å²) in [4.78, 5) is 22.5. The molecule has 0 aliphatic carbocycles. The second-order valence-corrected chi connectivity index (χ2v) is 3.65. The summed E-state index contributed by atoms with van der Waals surface area (Å²) in [6.45, 7) is 0. The van der Waals surface area contributed by atoms with Crippen LogP contribution in [0.15, 0.2) is 32.3 Å². The summed E-state index contributed by atoms with van der Waals surface area (Å²) in [6.07, 6.45) is 0. The van der Waals surface area contributed by atoms with E-state index in [0.717, 1.165) is 10.6 Å². The Hall–Kier alpha value is -1.63. The minimum absolute atomic E-state index is 0.155. The van der Waals surface area contributed by atoms with Crippen LogP contribution in [0, 0.1) is 5.82 Å². The summed E-state index contributed by atoms with van der Waals surface area (Å²) < 4.78 is 14.2. The predicted molar refractivity (Wildman–Crippen MR) is 54.7 cm³/mol. The molecule has 0 unspecified atom stereocenters. The second-order valence-electron chi connectivity index (χ2n) is 2.79. The normalized spacial score (nSPS) is 10.5. The number of rotatable bonds is 1. The highest BCUT2D eigenvalue weighted by Gasteiger charge is 2.10. The van der Waals surface area contributed by atoms with Crippen molar-refractivity contribution in [2.24, 2.45) is 0 Å². The van der Waals surface area contributed by atoms with E-state index in [-0.39, 0.29) is 5.69 Å². The molecule has 1 heterocycles. The van der Waals surface area contributed by atoms with Crippen LogP contribution < -0.4 is 11.4 Å². The maximum atomic E-state index is 12.9. The molecule has 0 radical (unpaired) electrons. The van der Waals surface area contributed by atoms with Gasteiger partial charge < -0.3 is 0 Å². The van der Waals surface area contributed by atoms with E-state index < -0.39 is 17.2 Å². The van der Waals surface area contributed by atoms with Crippen LogP contribution in [0.4, 0.5) is 4.39 Å². The molecule has 0 fully saturated rings. The van der Waals surface area contributed by atoms with Gasteiger partial charge in [0.05, 0.1) is 5.69 Å². The van der Waals surface area contributed by atoms with Gasteiger partial charge in [-0.1, -0.05) is 0 Å². The molecule has 0 aliphatic rings. The van der Waals surface area contributed by atoms with Crippen LogP contribution in [0.1, 0.15) is 0 Å². The van der Waals surface area contributed by atoms with Crippen LogP contribution in [0.3, 0.4) is 0 Å². The first-order chi connectivity index (χ1) is 7.09. The number of benzene rings is 1. The first kappa shape index (κ1) is 9.91. The average Bonchev–Trinajstić information content (AvgIpc) is 2.51. The molecule has 5 nitrogen and oxygen atoms in total. The van der Waals surface area contributed by atoms with E-state index in [4.69, 9.17) is 0 Å². The number of aromatic nitrogens is 3. The molecule has 0 amide bonds. The maximum Gasteiger partial charge on any atom is 0.349 e. The fourth-order valence-corrected chi connectivity index (χ4v) is 1.61. The first-order valence-electron chi connectivity index (χ1n) is 3.95. The lowest BCUT2D eigenvalue weighted by Crippen LogP contribution is -2.25. The Kier molecular flexibility index (Phi) is 2.31. The zero-order valence-electron chi connectivity index (χ0n) is 7.25. The van der Waals surface area contributed by atoms with Crippen molar-refractivity contribution in [2.45, 2.75) is 0 Å². The van der Waals surface area contributed by atoms with Gasteiger partial charge in [-0.3, -0.25) is 0 Å². The lowest BCUT2D eigenvalue weighted by atomic mass is 10.3. The van der Waals surface area contributed by atoms with E-state index in [1.165, 1.54) is 12.1 Å². The largest absolute Gasteiger partial charge is 0.349 e. The van der Waals surface area contributed by atoms with E-state index in [1.54, 1.807) is 0 Å². The summed E-state index contributed by atoms with van der Waals surface area (Å²) in [5, 5.41) is 4.22. The van der Waals surface area contributed by atoms with Gasteiger partial charge in [-0.2, -0.15) is 0 Å². The SMILES string of the molecule is O=c1[nH][nH]c(=O)n1-c1cc(F)ccc1Br. The van der Waals surface area contributed by atoms with Crippen LogP contribution >= 0.6 is 15.9 Å². The number of aromatic amines is 2. The molecule has 0 spiro atoms. The summed E-state index contributed by atoms with van der Waals surface area (Å²) >= 11 is 3.13. The van der Waals surface area contributed by atoms with Gasteiger partial charge in [0.1, 0.15) is 5.82 Å². The Balaban J connectivity index is 2.79. The van der Waals surface area contributed by atoms with Crippen LogP contribution in [0.2, 0.25) is 0 Å².